The minimum atomic E-state index is -0.962. The van der Waals surface area contributed by atoms with Crippen LogP contribution in [0.15, 0.2) is 30.3 Å². The molecule has 0 spiro atoms. The highest BCUT2D eigenvalue weighted by Gasteiger charge is 2.26. The molecule has 1 N–H and O–H groups in total. The SMILES string of the molecule is CC(C)(C)OC(C(=O)O)c1ccccc1. The zero-order valence-electron chi connectivity index (χ0n) is 9.23. The summed E-state index contributed by atoms with van der Waals surface area (Å²) in [6.45, 7) is 5.52. The Morgan fingerprint density at radius 2 is 1.80 bits per heavy atom. The summed E-state index contributed by atoms with van der Waals surface area (Å²) in [6, 6.07) is 8.96. The molecule has 1 unspecified atom stereocenters. The molecule has 0 aliphatic rings. The summed E-state index contributed by atoms with van der Waals surface area (Å²) in [5, 5.41) is 9.07. The van der Waals surface area contributed by atoms with Gasteiger partial charge in [-0.05, 0) is 26.3 Å². The van der Waals surface area contributed by atoms with Gasteiger partial charge in [0.15, 0.2) is 6.10 Å². The van der Waals surface area contributed by atoms with E-state index in [2.05, 4.69) is 0 Å². The molecule has 0 saturated heterocycles. The number of rotatable bonds is 3. The van der Waals surface area contributed by atoms with E-state index < -0.39 is 17.7 Å². The van der Waals surface area contributed by atoms with Gasteiger partial charge in [0.05, 0.1) is 5.60 Å². The molecule has 0 saturated carbocycles. The van der Waals surface area contributed by atoms with Crippen molar-refractivity contribution in [3.05, 3.63) is 35.9 Å². The molecule has 1 rings (SSSR count). The van der Waals surface area contributed by atoms with Crippen molar-refractivity contribution in [2.24, 2.45) is 0 Å². The standard InChI is InChI=1S/C12H16O3/c1-12(2,3)15-10(11(13)14)9-7-5-4-6-8-9/h4-8,10H,1-3H3,(H,13,14). The van der Waals surface area contributed by atoms with Crippen molar-refractivity contribution in [2.75, 3.05) is 0 Å². The first-order chi connectivity index (χ1) is 6.90. The fourth-order valence-corrected chi connectivity index (χ4v) is 1.24. The first kappa shape index (κ1) is 11.7. The lowest BCUT2D eigenvalue weighted by Gasteiger charge is -2.25. The van der Waals surface area contributed by atoms with Crippen LogP contribution in [-0.2, 0) is 9.53 Å². The van der Waals surface area contributed by atoms with Crippen LogP contribution in [-0.4, -0.2) is 16.7 Å². The van der Waals surface area contributed by atoms with E-state index in [4.69, 9.17) is 9.84 Å². The average Bonchev–Trinajstić information content (AvgIpc) is 2.14. The van der Waals surface area contributed by atoms with E-state index >= 15 is 0 Å². The van der Waals surface area contributed by atoms with Crippen LogP contribution in [0.2, 0.25) is 0 Å². The first-order valence-electron chi connectivity index (χ1n) is 4.86. The molecule has 3 heteroatoms. The van der Waals surface area contributed by atoms with E-state index in [9.17, 15) is 4.79 Å². The maximum atomic E-state index is 11.1. The predicted molar refractivity (Wildman–Crippen MR) is 57.7 cm³/mol. The highest BCUT2D eigenvalue weighted by molar-refractivity contribution is 5.74. The van der Waals surface area contributed by atoms with E-state index in [1.54, 1.807) is 24.3 Å². The number of aliphatic carboxylic acids is 1. The zero-order valence-corrected chi connectivity index (χ0v) is 9.23. The van der Waals surface area contributed by atoms with E-state index in [1.165, 1.54) is 0 Å². The van der Waals surface area contributed by atoms with E-state index in [-0.39, 0.29) is 0 Å². The van der Waals surface area contributed by atoms with Gasteiger partial charge in [0, 0.05) is 0 Å². The lowest BCUT2D eigenvalue weighted by Crippen LogP contribution is -2.27. The summed E-state index contributed by atoms with van der Waals surface area (Å²) in [7, 11) is 0. The Morgan fingerprint density at radius 3 is 2.20 bits per heavy atom. The molecule has 0 heterocycles. The first-order valence-corrected chi connectivity index (χ1v) is 4.86. The summed E-state index contributed by atoms with van der Waals surface area (Å²) >= 11 is 0. The summed E-state index contributed by atoms with van der Waals surface area (Å²) < 4.78 is 5.49. The molecule has 0 aromatic heterocycles. The van der Waals surface area contributed by atoms with Crippen molar-refractivity contribution in [1.29, 1.82) is 0 Å². The minimum Gasteiger partial charge on any atom is -0.479 e. The van der Waals surface area contributed by atoms with Crippen LogP contribution in [0.5, 0.6) is 0 Å². The topological polar surface area (TPSA) is 46.5 Å². The van der Waals surface area contributed by atoms with Crippen LogP contribution < -0.4 is 0 Å². The molecular formula is C12H16O3. The number of hydrogen-bond acceptors (Lipinski definition) is 2. The number of carbonyl (C=O) groups is 1. The third-order valence-corrected chi connectivity index (χ3v) is 1.80. The molecule has 1 aromatic rings. The number of ether oxygens (including phenoxy) is 1. The molecule has 0 fully saturated rings. The smallest absolute Gasteiger partial charge is 0.337 e. The second-order valence-corrected chi connectivity index (χ2v) is 4.36. The molecule has 82 valence electrons. The number of carboxylic acids is 1. The molecule has 0 amide bonds. The normalized spacial score (nSPS) is 13.5. The van der Waals surface area contributed by atoms with Gasteiger partial charge in [-0.3, -0.25) is 0 Å². The van der Waals surface area contributed by atoms with Crippen LogP contribution in [0.25, 0.3) is 0 Å². The molecule has 3 nitrogen and oxygen atoms in total. The van der Waals surface area contributed by atoms with Gasteiger partial charge in [0.2, 0.25) is 0 Å². The van der Waals surface area contributed by atoms with Crippen LogP contribution in [0, 0.1) is 0 Å². The summed E-state index contributed by atoms with van der Waals surface area (Å²) in [6.07, 6.45) is -0.897. The Morgan fingerprint density at radius 1 is 1.27 bits per heavy atom. The molecule has 1 atom stereocenters. The van der Waals surface area contributed by atoms with Gasteiger partial charge in [-0.1, -0.05) is 30.3 Å². The van der Waals surface area contributed by atoms with Crippen LogP contribution in [0.3, 0.4) is 0 Å². The monoisotopic (exact) mass is 208 g/mol. The predicted octanol–water partition coefficient (Wildman–Crippen LogP) is 2.63. The van der Waals surface area contributed by atoms with Crippen molar-refractivity contribution in [3.63, 3.8) is 0 Å². The quantitative estimate of drug-likeness (QED) is 0.830. The molecule has 1 aromatic carbocycles. The van der Waals surface area contributed by atoms with E-state index in [1.807, 2.05) is 26.8 Å². The second-order valence-electron chi connectivity index (χ2n) is 4.36. The van der Waals surface area contributed by atoms with Crippen LogP contribution in [0.1, 0.15) is 32.4 Å². The average molecular weight is 208 g/mol. The van der Waals surface area contributed by atoms with Crippen molar-refractivity contribution in [2.45, 2.75) is 32.5 Å². The Bertz CT molecular complexity index is 324. The lowest BCUT2D eigenvalue weighted by molar-refractivity contribution is -0.160. The van der Waals surface area contributed by atoms with Crippen molar-refractivity contribution < 1.29 is 14.6 Å². The maximum absolute atomic E-state index is 11.1. The third-order valence-electron chi connectivity index (χ3n) is 1.80. The lowest BCUT2D eigenvalue weighted by atomic mass is 10.1. The summed E-state index contributed by atoms with van der Waals surface area (Å²) in [5.41, 5.74) is 0.193. The Balaban J connectivity index is 2.90. The van der Waals surface area contributed by atoms with Gasteiger partial charge in [-0.15, -0.1) is 0 Å². The molecular weight excluding hydrogens is 192 g/mol. The molecule has 0 aliphatic heterocycles. The van der Waals surface area contributed by atoms with Crippen LogP contribution >= 0.6 is 0 Å². The highest BCUT2D eigenvalue weighted by Crippen LogP contribution is 2.23. The van der Waals surface area contributed by atoms with Gasteiger partial charge >= 0.3 is 5.97 Å². The molecule has 15 heavy (non-hydrogen) atoms. The fourth-order valence-electron chi connectivity index (χ4n) is 1.24. The van der Waals surface area contributed by atoms with Crippen molar-refractivity contribution >= 4 is 5.97 Å². The molecule has 0 bridgehead atoms. The fraction of sp³-hybridized carbons (Fsp3) is 0.417. The molecule has 0 radical (unpaired) electrons. The third kappa shape index (κ3) is 3.72. The maximum Gasteiger partial charge on any atom is 0.337 e. The van der Waals surface area contributed by atoms with E-state index in [0.717, 1.165) is 0 Å². The Labute approximate surface area is 89.7 Å². The number of hydrogen-bond donors (Lipinski definition) is 1. The van der Waals surface area contributed by atoms with Gasteiger partial charge in [0.1, 0.15) is 0 Å². The second kappa shape index (κ2) is 4.45. The van der Waals surface area contributed by atoms with Gasteiger partial charge < -0.3 is 9.84 Å². The number of carboxylic acid groups (broad SMARTS) is 1. The van der Waals surface area contributed by atoms with Crippen molar-refractivity contribution in [1.82, 2.24) is 0 Å². The number of benzene rings is 1. The zero-order chi connectivity index (χ0) is 11.5. The minimum absolute atomic E-state index is 0.473. The van der Waals surface area contributed by atoms with Gasteiger partial charge in [0.25, 0.3) is 0 Å². The summed E-state index contributed by atoms with van der Waals surface area (Å²) in [4.78, 5) is 11.1. The van der Waals surface area contributed by atoms with Crippen LogP contribution in [0.4, 0.5) is 0 Å². The Kier molecular flexibility index (Phi) is 3.48. The molecule has 0 aliphatic carbocycles. The van der Waals surface area contributed by atoms with Crippen molar-refractivity contribution in [3.8, 4) is 0 Å². The van der Waals surface area contributed by atoms with Gasteiger partial charge in [-0.25, -0.2) is 4.79 Å². The van der Waals surface area contributed by atoms with E-state index in [0.29, 0.717) is 5.56 Å². The summed E-state index contributed by atoms with van der Waals surface area (Å²) in [5.74, 6) is -0.962. The Hall–Kier alpha value is -1.35. The highest BCUT2D eigenvalue weighted by atomic mass is 16.5. The van der Waals surface area contributed by atoms with Gasteiger partial charge in [-0.2, -0.15) is 0 Å². The largest absolute Gasteiger partial charge is 0.479 e.